The number of nitrogens with two attached hydrogens (primary N) is 1. The predicted octanol–water partition coefficient (Wildman–Crippen LogP) is 1.76. The van der Waals surface area contributed by atoms with Gasteiger partial charge in [0.2, 0.25) is 12.7 Å². The Bertz CT molecular complexity index is 1260. The monoisotopic (exact) mass is 436 g/mol. The second-order valence-corrected chi connectivity index (χ2v) is 7.83. The second-order valence-electron chi connectivity index (χ2n) is 7.83. The van der Waals surface area contributed by atoms with Crippen LogP contribution in [0.3, 0.4) is 0 Å². The summed E-state index contributed by atoms with van der Waals surface area (Å²) in [7, 11) is 0. The number of imidazole rings is 1. The van der Waals surface area contributed by atoms with Crippen molar-refractivity contribution in [3.8, 4) is 23.8 Å². The van der Waals surface area contributed by atoms with E-state index in [1.807, 2.05) is 6.07 Å². The number of ether oxygens (including phenoxy) is 2. The van der Waals surface area contributed by atoms with Gasteiger partial charge in [0.15, 0.2) is 28.5 Å². The van der Waals surface area contributed by atoms with Crippen LogP contribution in [0.25, 0.3) is 11.2 Å². The largest absolute Gasteiger partial charge is 0.454 e. The summed E-state index contributed by atoms with van der Waals surface area (Å²) in [6.45, 7) is 1.10. The van der Waals surface area contributed by atoms with Crippen LogP contribution < -0.4 is 20.5 Å². The number of carbonyl (C=O) groups excluding carboxylic acids is 1. The minimum absolute atomic E-state index is 0.0302. The van der Waals surface area contributed by atoms with Crippen LogP contribution in [-0.4, -0.2) is 38.8 Å². The molecule has 5 rings (SSSR count). The average Bonchev–Trinajstić information content (AvgIpc) is 3.44. The van der Waals surface area contributed by atoms with Gasteiger partial charge < -0.3 is 25.1 Å². The van der Waals surface area contributed by atoms with Gasteiger partial charge in [0.05, 0.1) is 0 Å². The summed E-state index contributed by atoms with van der Waals surface area (Å²) in [5.74, 6) is 4.68. The minimum Gasteiger partial charge on any atom is -0.454 e. The number of fused-ring (bicyclic) bond motifs is 2. The van der Waals surface area contributed by atoms with Gasteiger partial charge in [0.1, 0.15) is 5.82 Å². The standard InChI is InChI=1S/C22H21FN6O3/c1-2-12-8-15-16(32-11-31-15)9-14(12)10-17-26-18-19(24)27-22(23)28-20(18)29(17)7-3-6-25-21(30)13-4-5-13/h1,8-9,13H,3-7,10-11H2,(H,25,30)(H2,24,27,28). The van der Waals surface area contributed by atoms with Crippen LogP contribution in [0.2, 0.25) is 0 Å². The molecule has 0 saturated heterocycles. The molecule has 1 fully saturated rings. The number of nitrogens with zero attached hydrogens (tertiary/aromatic N) is 4. The molecule has 10 heteroatoms. The highest BCUT2D eigenvalue weighted by atomic mass is 19.1. The van der Waals surface area contributed by atoms with Crippen molar-refractivity contribution < 1.29 is 18.7 Å². The Labute approximate surface area is 183 Å². The number of aromatic nitrogens is 4. The molecule has 1 aromatic carbocycles. The molecule has 1 aliphatic carbocycles. The van der Waals surface area contributed by atoms with Crippen molar-refractivity contribution in [3.63, 3.8) is 0 Å². The van der Waals surface area contributed by atoms with E-state index in [0.29, 0.717) is 60.0 Å². The average molecular weight is 436 g/mol. The number of hydrogen-bond acceptors (Lipinski definition) is 7. The van der Waals surface area contributed by atoms with E-state index >= 15 is 0 Å². The van der Waals surface area contributed by atoms with E-state index in [2.05, 4.69) is 26.2 Å². The third kappa shape index (κ3) is 3.77. The molecule has 3 heterocycles. The Balaban J connectivity index is 1.45. The lowest BCUT2D eigenvalue weighted by Gasteiger charge is -2.11. The van der Waals surface area contributed by atoms with Crippen molar-refractivity contribution in [2.45, 2.75) is 32.2 Å². The number of nitrogen functional groups attached to an aromatic ring is 1. The molecule has 32 heavy (non-hydrogen) atoms. The lowest BCUT2D eigenvalue weighted by atomic mass is 10.0. The molecule has 2 aromatic heterocycles. The van der Waals surface area contributed by atoms with E-state index in [1.165, 1.54) is 0 Å². The van der Waals surface area contributed by atoms with Crippen molar-refractivity contribution in [1.82, 2.24) is 24.8 Å². The number of nitrogens with one attached hydrogen (secondary N) is 1. The van der Waals surface area contributed by atoms with Crippen molar-refractivity contribution in [3.05, 3.63) is 35.2 Å². The number of carbonyl (C=O) groups is 1. The summed E-state index contributed by atoms with van der Waals surface area (Å²) in [4.78, 5) is 24.0. The van der Waals surface area contributed by atoms with Gasteiger partial charge >= 0.3 is 6.08 Å². The molecule has 0 radical (unpaired) electrons. The minimum atomic E-state index is -0.919. The first kappa shape index (κ1) is 20.1. The molecule has 1 saturated carbocycles. The first-order valence-corrected chi connectivity index (χ1v) is 10.4. The van der Waals surface area contributed by atoms with Crippen LogP contribution in [0.5, 0.6) is 11.5 Å². The Hall–Kier alpha value is -3.87. The van der Waals surface area contributed by atoms with Crippen LogP contribution in [0.15, 0.2) is 12.1 Å². The molecule has 3 N–H and O–H groups in total. The number of terminal acetylenes is 1. The van der Waals surface area contributed by atoms with Gasteiger partial charge in [-0.25, -0.2) is 4.98 Å². The summed E-state index contributed by atoms with van der Waals surface area (Å²) in [5, 5.41) is 2.93. The number of hydrogen-bond donors (Lipinski definition) is 2. The molecule has 0 spiro atoms. The number of amides is 1. The summed E-state index contributed by atoms with van der Waals surface area (Å²) in [6, 6.07) is 3.58. The third-order valence-electron chi connectivity index (χ3n) is 5.58. The molecular weight excluding hydrogens is 415 g/mol. The highest BCUT2D eigenvalue weighted by Gasteiger charge is 2.29. The zero-order valence-corrected chi connectivity index (χ0v) is 17.2. The fourth-order valence-corrected chi connectivity index (χ4v) is 3.78. The maximum absolute atomic E-state index is 13.9. The molecule has 164 valence electrons. The number of halogens is 1. The van der Waals surface area contributed by atoms with Crippen LogP contribution in [0.4, 0.5) is 10.2 Å². The van der Waals surface area contributed by atoms with Crippen LogP contribution in [0.1, 0.15) is 36.2 Å². The summed E-state index contributed by atoms with van der Waals surface area (Å²) >= 11 is 0. The van der Waals surface area contributed by atoms with E-state index in [-0.39, 0.29) is 24.4 Å². The lowest BCUT2D eigenvalue weighted by Crippen LogP contribution is -2.26. The molecule has 1 aliphatic heterocycles. The quantitative estimate of drug-likeness (QED) is 0.329. The molecule has 0 unspecified atom stereocenters. The van der Waals surface area contributed by atoms with E-state index in [9.17, 15) is 9.18 Å². The van der Waals surface area contributed by atoms with E-state index in [0.717, 1.165) is 18.4 Å². The Morgan fingerprint density at radius 2 is 2.06 bits per heavy atom. The number of benzene rings is 1. The predicted molar refractivity (Wildman–Crippen MR) is 113 cm³/mol. The first-order chi connectivity index (χ1) is 15.5. The molecular formula is C22H21FN6O3. The van der Waals surface area contributed by atoms with Gasteiger partial charge in [0.25, 0.3) is 0 Å². The maximum atomic E-state index is 13.9. The topological polar surface area (TPSA) is 117 Å². The van der Waals surface area contributed by atoms with Crippen LogP contribution in [0, 0.1) is 24.3 Å². The molecule has 9 nitrogen and oxygen atoms in total. The van der Waals surface area contributed by atoms with Crippen molar-refractivity contribution in [2.24, 2.45) is 5.92 Å². The molecule has 2 aliphatic rings. The fraction of sp³-hybridized carbons (Fsp3) is 0.364. The van der Waals surface area contributed by atoms with Crippen LogP contribution >= 0.6 is 0 Å². The van der Waals surface area contributed by atoms with Gasteiger partial charge in [0, 0.05) is 37.1 Å². The number of anilines is 1. The highest BCUT2D eigenvalue weighted by Crippen LogP contribution is 2.35. The number of aryl methyl sites for hydroxylation is 1. The van der Waals surface area contributed by atoms with Crippen LogP contribution in [-0.2, 0) is 17.8 Å². The van der Waals surface area contributed by atoms with Crippen molar-refractivity contribution >= 4 is 22.9 Å². The van der Waals surface area contributed by atoms with Gasteiger partial charge in [-0.1, -0.05) is 5.92 Å². The smallest absolute Gasteiger partial charge is 0.312 e. The molecule has 0 atom stereocenters. The van der Waals surface area contributed by atoms with Gasteiger partial charge in [-0.2, -0.15) is 14.4 Å². The van der Waals surface area contributed by atoms with E-state index in [1.54, 1.807) is 10.6 Å². The second kappa shape index (κ2) is 8.00. The number of rotatable bonds is 7. The molecule has 0 bridgehead atoms. The third-order valence-corrected chi connectivity index (χ3v) is 5.58. The van der Waals surface area contributed by atoms with E-state index < -0.39 is 6.08 Å². The zero-order chi connectivity index (χ0) is 22.2. The van der Waals surface area contributed by atoms with E-state index in [4.69, 9.17) is 21.6 Å². The highest BCUT2D eigenvalue weighted by molar-refractivity contribution is 5.82. The van der Waals surface area contributed by atoms with Gasteiger partial charge in [-0.3, -0.25) is 4.79 Å². The summed E-state index contributed by atoms with van der Waals surface area (Å²) < 4.78 is 26.6. The summed E-state index contributed by atoms with van der Waals surface area (Å²) in [6.07, 6.45) is 7.65. The zero-order valence-electron chi connectivity index (χ0n) is 17.2. The SMILES string of the molecule is C#Cc1cc2c(cc1Cc1nc3c(N)nc(F)nc3n1CCCNC(=O)C1CC1)OCO2. The Kier molecular flexibility index (Phi) is 5.01. The lowest BCUT2D eigenvalue weighted by molar-refractivity contribution is -0.122. The molecule has 1 amide bonds. The molecule has 3 aromatic rings. The Morgan fingerprint density at radius 1 is 1.28 bits per heavy atom. The maximum Gasteiger partial charge on any atom is 0.312 e. The first-order valence-electron chi connectivity index (χ1n) is 10.4. The Morgan fingerprint density at radius 3 is 2.81 bits per heavy atom. The van der Waals surface area contributed by atoms with Gasteiger partial charge in [-0.05, 0) is 30.9 Å². The normalized spacial score (nSPS) is 14.5. The van der Waals surface area contributed by atoms with Crippen molar-refractivity contribution in [1.29, 1.82) is 0 Å². The van der Waals surface area contributed by atoms with Gasteiger partial charge in [-0.15, -0.1) is 6.42 Å². The van der Waals surface area contributed by atoms with Crippen molar-refractivity contribution in [2.75, 3.05) is 19.1 Å². The summed E-state index contributed by atoms with van der Waals surface area (Å²) in [5.41, 5.74) is 7.99. The fourth-order valence-electron chi connectivity index (χ4n) is 3.78.